The zero-order chi connectivity index (χ0) is 13.8. The minimum absolute atomic E-state index is 0.133. The molecule has 0 saturated heterocycles. The lowest BCUT2D eigenvalue weighted by atomic mass is 9.90. The molecule has 0 saturated carbocycles. The van der Waals surface area contributed by atoms with Gasteiger partial charge in [0.25, 0.3) is 5.56 Å². The highest BCUT2D eigenvalue weighted by Gasteiger charge is 2.13. The van der Waals surface area contributed by atoms with Crippen molar-refractivity contribution in [1.29, 1.82) is 0 Å². The highest BCUT2D eigenvalue weighted by atomic mass is 16.5. The summed E-state index contributed by atoms with van der Waals surface area (Å²) in [5, 5.41) is 4.40. The largest absolute Gasteiger partial charge is 0.500 e. The van der Waals surface area contributed by atoms with E-state index in [1.165, 1.54) is 16.7 Å². The van der Waals surface area contributed by atoms with Crippen molar-refractivity contribution in [3.8, 4) is 0 Å². The van der Waals surface area contributed by atoms with Gasteiger partial charge in [-0.15, -0.1) is 0 Å². The van der Waals surface area contributed by atoms with Crippen LogP contribution in [0.3, 0.4) is 0 Å². The minimum Gasteiger partial charge on any atom is -0.500 e. The third kappa shape index (κ3) is 3.34. The van der Waals surface area contributed by atoms with E-state index in [1.54, 1.807) is 19.2 Å². The van der Waals surface area contributed by atoms with Gasteiger partial charge in [0.15, 0.2) is 0 Å². The Kier molecular flexibility index (Phi) is 4.20. The van der Waals surface area contributed by atoms with E-state index in [1.807, 2.05) is 0 Å². The zero-order valence-corrected chi connectivity index (χ0v) is 11.6. The molecule has 1 aromatic heterocycles. The number of nitrogens with zero attached hydrogens (tertiary/aromatic N) is 2. The first-order valence-electron chi connectivity index (χ1n) is 6.59. The SMILES string of the molecule is C=C(Cn1nc(C2=CCC(C)CC2)ccc1=O)OC. The third-order valence-electron chi connectivity index (χ3n) is 3.48. The second-order valence-corrected chi connectivity index (χ2v) is 5.07. The van der Waals surface area contributed by atoms with Crippen molar-refractivity contribution in [3.63, 3.8) is 0 Å². The number of aromatic nitrogens is 2. The van der Waals surface area contributed by atoms with Crippen LogP contribution in [0.1, 0.15) is 31.9 Å². The van der Waals surface area contributed by atoms with Crippen molar-refractivity contribution in [3.05, 3.63) is 46.6 Å². The van der Waals surface area contributed by atoms with Gasteiger partial charge >= 0.3 is 0 Å². The summed E-state index contributed by atoms with van der Waals surface area (Å²) >= 11 is 0. The van der Waals surface area contributed by atoms with Gasteiger partial charge < -0.3 is 4.74 Å². The number of ether oxygens (including phenoxy) is 1. The Labute approximate surface area is 113 Å². The molecular weight excluding hydrogens is 240 g/mol. The standard InChI is InChI=1S/C15H20N2O2/c1-11-4-6-13(7-5-11)14-8-9-15(18)17(16-14)10-12(2)19-3/h6,8-9,11H,2,4-5,7,10H2,1,3H3. The summed E-state index contributed by atoms with van der Waals surface area (Å²) in [4.78, 5) is 11.7. The van der Waals surface area contributed by atoms with Crippen LogP contribution in [0, 0.1) is 5.92 Å². The molecule has 2 rings (SSSR count). The fourth-order valence-electron chi connectivity index (χ4n) is 2.16. The summed E-state index contributed by atoms with van der Waals surface area (Å²) in [6.45, 7) is 6.28. The molecule has 4 heteroatoms. The maximum atomic E-state index is 11.7. The first-order chi connectivity index (χ1) is 9.10. The van der Waals surface area contributed by atoms with Crippen molar-refractivity contribution in [2.45, 2.75) is 32.7 Å². The van der Waals surface area contributed by atoms with Gasteiger partial charge in [-0.2, -0.15) is 5.10 Å². The van der Waals surface area contributed by atoms with E-state index in [4.69, 9.17) is 4.74 Å². The van der Waals surface area contributed by atoms with Crippen molar-refractivity contribution >= 4 is 5.57 Å². The molecule has 0 amide bonds. The first-order valence-corrected chi connectivity index (χ1v) is 6.59. The normalized spacial score (nSPS) is 18.8. The van der Waals surface area contributed by atoms with E-state index in [9.17, 15) is 4.79 Å². The molecular formula is C15H20N2O2. The minimum atomic E-state index is -0.133. The van der Waals surface area contributed by atoms with Gasteiger partial charge in [-0.1, -0.05) is 19.6 Å². The molecule has 0 bridgehead atoms. The van der Waals surface area contributed by atoms with Crippen molar-refractivity contribution in [2.75, 3.05) is 7.11 Å². The lowest BCUT2D eigenvalue weighted by molar-refractivity contribution is 0.266. The lowest BCUT2D eigenvalue weighted by Crippen LogP contribution is -2.24. The van der Waals surface area contributed by atoms with Crippen LogP contribution in [0.2, 0.25) is 0 Å². The molecule has 0 aromatic carbocycles. The first kappa shape index (κ1) is 13.6. The van der Waals surface area contributed by atoms with Crippen LogP contribution < -0.4 is 5.56 Å². The molecule has 1 atom stereocenters. The predicted molar refractivity (Wildman–Crippen MR) is 75.6 cm³/mol. The van der Waals surface area contributed by atoms with Crippen LogP contribution in [0.15, 0.2) is 35.3 Å². The number of rotatable bonds is 4. The Morgan fingerprint density at radius 1 is 1.58 bits per heavy atom. The summed E-state index contributed by atoms with van der Waals surface area (Å²) in [5.74, 6) is 1.26. The predicted octanol–water partition coefficient (Wildman–Crippen LogP) is 2.61. The van der Waals surface area contributed by atoms with Gasteiger partial charge in [-0.05, 0) is 36.8 Å². The molecule has 0 radical (unpaired) electrons. The molecule has 102 valence electrons. The van der Waals surface area contributed by atoms with Crippen LogP contribution in [-0.4, -0.2) is 16.9 Å². The monoisotopic (exact) mass is 260 g/mol. The molecule has 1 aliphatic carbocycles. The van der Waals surface area contributed by atoms with Crippen LogP contribution in [0.5, 0.6) is 0 Å². The molecule has 1 aliphatic rings. The lowest BCUT2D eigenvalue weighted by Gasteiger charge is -2.18. The van der Waals surface area contributed by atoms with Gasteiger partial charge in [0, 0.05) is 6.07 Å². The van der Waals surface area contributed by atoms with E-state index in [0.29, 0.717) is 12.3 Å². The molecule has 0 N–H and O–H groups in total. The van der Waals surface area contributed by atoms with Gasteiger partial charge in [-0.25, -0.2) is 4.68 Å². The smallest absolute Gasteiger partial charge is 0.267 e. The highest BCUT2D eigenvalue weighted by Crippen LogP contribution is 2.28. The Balaban J connectivity index is 2.26. The molecule has 4 nitrogen and oxygen atoms in total. The zero-order valence-electron chi connectivity index (χ0n) is 11.6. The molecule has 1 unspecified atom stereocenters. The van der Waals surface area contributed by atoms with Gasteiger partial charge in [0.2, 0.25) is 0 Å². The van der Waals surface area contributed by atoms with E-state index >= 15 is 0 Å². The van der Waals surface area contributed by atoms with Crippen LogP contribution in [0.25, 0.3) is 5.57 Å². The van der Waals surface area contributed by atoms with Gasteiger partial charge in [0.05, 0.1) is 12.8 Å². The fourth-order valence-corrected chi connectivity index (χ4v) is 2.16. The molecule has 19 heavy (non-hydrogen) atoms. The average molecular weight is 260 g/mol. The molecule has 1 heterocycles. The van der Waals surface area contributed by atoms with Gasteiger partial charge in [-0.3, -0.25) is 4.79 Å². The van der Waals surface area contributed by atoms with E-state index in [-0.39, 0.29) is 5.56 Å². The second kappa shape index (κ2) is 5.87. The molecule has 0 fully saturated rings. The van der Waals surface area contributed by atoms with Crippen molar-refractivity contribution < 1.29 is 4.74 Å². The molecule has 0 spiro atoms. The highest BCUT2D eigenvalue weighted by molar-refractivity contribution is 5.62. The van der Waals surface area contributed by atoms with Crippen LogP contribution in [0.4, 0.5) is 0 Å². The topological polar surface area (TPSA) is 44.1 Å². The molecule has 1 aromatic rings. The second-order valence-electron chi connectivity index (χ2n) is 5.07. The van der Waals surface area contributed by atoms with Crippen LogP contribution >= 0.6 is 0 Å². The third-order valence-corrected chi connectivity index (χ3v) is 3.48. The van der Waals surface area contributed by atoms with Crippen LogP contribution in [-0.2, 0) is 11.3 Å². The Hall–Kier alpha value is -1.84. The molecule has 0 aliphatic heterocycles. The van der Waals surface area contributed by atoms with Gasteiger partial charge in [0.1, 0.15) is 12.3 Å². The quantitative estimate of drug-likeness (QED) is 0.782. The number of allylic oxidation sites excluding steroid dienone is 3. The van der Waals surface area contributed by atoms with E-state index in [0.717, 1.165) is 24.5 Å². The number of methoxy groups -OCH3 is 1. The van der Waals surface area contributed by atoms with Crippen molar-refractivity contribution in [2.24, 2.45) is 5.92 Å². The fraction of sp³-hybridized carbons (Fsp3) is 0.467. The summed E-state index contributed by atoms with van der Waals surface area (Å²) in [6.07, 6.45) is 5.52. The average Bonchev–Trinajstić information content (AvgIpc) is 2.42. The summed E-state index contributed by atoms with van der Waals surface area (Å²) in [6, 6.07) is 3.36. The summed E-state index contributed by atoms with van der Waals surface area (Å²) < 4.78 is 6.40. The Morgan fingerprint density at radius 3 is 3.00 bits per heavy atom. The summed E-state index contributed by atoms with van der Waals surface area (Å²) in [5.41, 5.74) is 1.98. The Morgan fingerprint density at radius 2 is 2.37 bits per heavy atom. The summed E-state index contributed by atoms with van der Waals surface area (Å²) in [7, 11) is 1.54. The number of hydrogen-bond acceptors (Lipinski definition) is 3. The Bertz CT molecular complexity index is 558. The van der Waals surface area contributed by atoms with E-state index < -0.39 is 0 Å². The number of hydrogen-bond donors (Lipinski definition) is 0. The van der Waals surface area contributed by atoms with Crippen molar-refractivity contribution in [1.82, 2.24) is 9.78 Å². The maximum Gasteiger partial charge on any atom is 0.267 e. The van der Waals surface area contributed by atoms with E-state index in [2.05, 4.69) is 24.7 Å². The maximum absolute atomic E-state index is 11.7.